The molecular formula is C25H29N3O4S. The van der Waals surface area contributed by atoms with Crippen LogP contribution in [0.4, 0.5) is 21.9 Å². The van der Waals surface area contributed by atoms with E-state index in [1.165, 1.54) is 12.1 Å². The fourth-order valence-corrected chi connectivity index (χ4v) is 4.25. The molecule has 3 aromatic carbocycles. The molecule has 0 spiro atoms. The first-order valence-electron chi connectivity index (χ1n) is 10.9. The summed E-state index contributed by atoms with van der Waals surface area (Å²) in [5.74, 6) is 0.159. The molecule has 0 aliphatic carbocycles. The predicted molar refractivity (Wildman–Crippen MR) is 133 cm³/mol. The molecule has 0 aliphatic rings. The Bertz CT molecular complexity index is 1130. The second-order valence-corrected chi connectivity index (χ2v) is 9.03. The number of para-hydroxylation sites is 1. The number of nitrogens with zero attached hydrogens (tertiary/aromatic N) is 1. The maximum atomic E-state index is 12.7. The summed E-state index contributed by atoms with van der Waals surface area (Å²) >= 11 is 0. The highest BCUT2D eigenvalue weighted by Gasteiger charge is 2.17. The molecule has 0 aliphatic heterocycles. The molecular weight excluding hydrogens is 438 g/mol. The molecule has 0 saturated heterocycles. The molecule has 0 saturated carbocycles. The van der Waals surface area contributed by atoms with E-state index in [1.807, 2.05) is 18.2 Å². The summed E-state index contributed by atoms with van der Waals surface area (Å²) in [5, 5.41) is 5.40. The Morgan fingerprint density at radius 1 is 0.788 bits per heavy atom. The zero-order chi connectivity index (χ0) is 23.7. The first-order valence-corrected chi connectivity index (χ1v) is 12.3. The van der Waals surface area contributed by atoms with E-state index < -0.39 is 16.1 Å². The maximum Gasteiger partial charge on any atom is 0.339 e. The molecule has 0 aromatic heterocycles. The Morgan fingerprint density at radius 3 is 1.88 bits per heavy atom. The second kappa shape index (κ2) is 11.4. The third-order valence-corrected chi connectivity index (χ3v) is 6.09. The van der Waals surface area contributed by atoms with E-state index in [1.54, 1.807) is 48.5 Å². The number of carbonyl (C=O) groups is 1. The molecule has 3 aromatic rings. The van der Waals surface area contributed by atoms with E-state index in [0.29, 0.717) is 11.4 Å². The topological polar surface area (TPSA) is 87.7 Å². The molecule has 2 amide bonds. The van der Waals surface area contributed by atoms with Crippen LogP contribution < -0.4 is 19.7 Å². The summed E-state index contributed by atoms with van der Waals surface area (Å²) in [6.07, 6.45) is 2.03. The standard InChI is InChI=1S/C25H29N3O4S/c1-3-18-28(19-4-2)22-12-16-24(17-13-22)33(30,31)32-23-14-10-21(11-15-23)27-25(29)26-20-8-6-5-7-9-20/h5-17H,3-4,18-19H2,1-2H3,(H2,26,27,29). The number of amides is 2. The molecule has 0 radical (unpaired) electrons. The van der Waals surface area contributed by atoms with Gasteiger partial charge in [0.05, 0.1) is 0 Å². The van der Waals surface area contributed by atoms with E-state index in [0.717, 1.165) is 31.6 Å². The zero-order valence-electron chi connectivity index (χ0n) is 18.8. The number of benzene rings is 3. The van der Waals surface area contributed by atoms with Gasteiger partial charge < -0.3 is 19.7 Å². The van der Waals surface area contributed by atoms with Crippen LogP contribution in [0.5, 0.6) is 5.75 Å². The summed E-state index contributed by atoms with van der Waals surface area (Å²) in [5.41, 5.74) is 2.16. The SMILES string of the molecule is CCCN(CCC)c1ccc(S(=O)(=O)Oc2ccc(NC(=O)Nc3ccccc3)cc2)cc1. The number of nitrogens with one attached hydrogen (secondary N) is 2. The Morgan fingerprint density at radius 2 is 1.33 bits per heavy atom. The van der Waals surface area contributed by atoms with E-state index in [-0.39, 0.29) is 10.6 Å². The number of hydrogen-bond donors (Lipinski definition) is 2. The number of rotatable bonds is 10. The van der Waals surface area contributed by atoms with Crippen molar-refractivity contribution in [1.82, 2.24) is 0 Å². The van der Waals surface area contributed by atoms with Crippen molar-refractivity contribution < 1.29 is 17.4 Å². The first-order chi connectivity index (χ1) is 15.9. The fraction of sp³-hybridized carbons (Fsp3) is 0.240. The van der Waals surface area contributed by atoms with Gasteiger partial charge in [0.2, 0.25) is 0 Å². The van der Waals surface area contributed by atoms with Crippen LogP contribution >= 0.6 is 0 Å². The van der Waals surface area contributed by atoms with E-state index in [9.17, 15) is 13.2 Å². The Balaban J connectivity index is 1.62. The van der Waals surface area contributed by atoms with E-state index in [4.69, 9.17) is 4.18 Å². The highest BCUT2D eigenvalue weighted by molar-refractivity contribution is 7.87. The van der Waals surface area contributed by atoms with Crippen molar-refractivity contribution in [3.63, 3.8) is 0 Å². The smallest absolute Gasteiger partial charge is 0.339 e. The number of carbonyl (C=O) groups excluding carboxylic acids is 1. The van der Waals surface area contributed by atoms with Gasteiger partial charge in [-0.1, -0.05) is 32.0 Å². The van der Waals surface area contributed by atoms with Crippen molar-refractivity contribution in [2.45, 2.75) is 31.6 Å². The molecule has 2 N–H and O–H groups in total. The minimum Gasteiger partial charge on any atom is -0.379 e. The minimum atomic E-state index is -3.98. The minimum absolute atomic E-state index is 0.0867. The van der Waals surface area contributed by atoms with Crippen LogP contribution in [-0.4, -0.2) is 27.5 Å². The Labute approximate surface area is 195 Å². The van der Waals surface area contributed by atoms with Crippen LogP contribution in [0, 0.1) is 0 Å². The summed E-state index contributed by atoms with van der Waals surface area (Å²) < 4.78 is 30.6. The zero-order valence-corrected chi connectivity index (χ0v) is 19.6. The lowest BCUT2D eigenvalue weighted by molar-refractivity contribution is 0.262. The molecule has 0 fully saturated rings. The third kappa shape index (κ3) is 6.98. The van der Waals surface area contributed by atoms with Crippen LogP contribution in [0.1, 0.15) is 26.7 Å². The van der Waals surface area contributed by atoms with Crippen LogP contribution in [0.3, 0.4) is 0 Å². The molecule has 3 rings (SSSR count). The van der Waals surface area contributed by atoms with Gasteiger partial charge in [0.15, 0.2) is 0 Å². The van der Waals surface area contributed by atoms with Crippen LogP contribution in [0.15, 0.2) is 83.8 Å². The molecule has 0 bridgehead atoms. The lowest BCUT2D eigenvalue weighted by Crippen LogP contribution is -2.24. The first kappa shape index (κ1) is 24.1. The molecule has 174 valence electrons. The summed E-state index contributed by atoms with van der Waals surface area (Å²) in [4.78, 5) is 14.4. The molecule has 0 unspecified atom stereocenters. The van der Waals surface area contributed by atoms with Crippen molar-refractivity contribution in [2.24, 2.45) is 0 Å². The van der Waals surface area contributed by atoms with Gasteiger partial charge in [-0.15, -0.1) is 0 Å². The summed E-state index contributed by atoms with van der Waals surface area (Å²) in [7, 11) is -3.98. The van der Waals surface area contributed by atoms with E-state index in [2.05, 4.69) is 29.4 Å². The predicted octanol–water partition coefficient (Wildman–Crippen LogP) is 5.72. The van der Waals surface area contributed by atoms with Gasteiger partial charge in [-0.2, -0.15) is 8.42 Å². The van der Waals surface area contributed by atoms with E-state index >= 15 is 0 Å². The number of urea groups is 1. The molecule has 0 atom stereocenters. The van der Waals surface area contributed by atoms with Crippen molar-refractivity contribution in [3.05, 3.63) is 78.9 Å². The average Bonchev–Trinajstić information content (AvgIpc) is 2.81. The lowest BCUT2D eigenvalue weighted by atomic mass is 10.2. The normalized spacial score (nSPS) is 11.0. The van der Waals surface area contributed by atoms with Gasteiger partial charge in [0.25, 0.3) is 0 Å². The average molecular weight is 468 g/mol. The van der Waals surface area contributed by atoms with Gasteiger partial charge in [0, 0.05) is 30.2 Å². The molecule has 7 nitrogen and oxygen atoms in total. The van der Waals surface area contributed by atoms with Crippen molar-refractivity contribution in [2.75, 3.05) is 28.6 Å². The maximum absolute atomic E-state index is 12.7. The van der Waals surface area contributed by atoms with Gasteiger partial charge in [0.1, 0.15) is 10.6 Å². The summed E-state index contributed by atoms with van der Waals surface area (Å²) in [6, 6.07) is 21.5. The Kier molecular flexibility index (Phi) is 8.32. The van der Waals surface area contributed by atoms with Gasteiger partial charge >= 0.3 is 16.1 Å². The van der Waals surface area contributed by atoms with Gasteiger partial charge in [-0.05, 0) is 73.5 Å². The lowest BCUT2D eigenvalue weighted by Gasteiger charge is -2.23. The van der Waals surface area contributed by atoms with Crippen molar-refractivity contribution in [1.29, 1.82) is 0 Å². The van der Waals surface area contributed by atoms with Gasteiger partial charge in [-0.3, -0.25) is 0 Å². The largest absolute Gasteiger partial charge is 0.379 e. The van der Waals surface area contributed by atoms with Gasteiger partial charge in [-0.25, -0.2) is 4.79 Å². The Hall–Kier alpha value is -3.52. The monoisotopic (exact) mass is 467 g/mol. The molecule has 0 heterocycles. The van der Waals surface area contributed by atoms with Crippen LogP contribution in [0.2, 0.25) is 0 Å². The van der Waals surface area contributed by atoms with Crippen molar-refractivity contribution >= 4 is 33.2 Å². The number of hydrogen-bond acceptors (Lipinski definition) is 5. The molecule has 33 heavy (non-hydrogen) atoms. The quantitative estimate of drug-likeness (QED) is 0.372. The number of anilines is 3. The highest BCUT2D eigenvalue weighted by Crippen LogP contribution is 2.23. The summed E-state index contributed by atoms with van der Waals surface area (Å²) in [6.45, 7) is 6.07. The second-order valence-electron chi connectivity index (χ2n) is 7.49. The molecule has 8 heteroatoms. The van der Waals surface area contributed by atoms with Crippen LogP contribution in [0.25, 0.3) is 0 Å². The fourth-order valence-electron chi connectivity index (χ4n) is 3.32. The third-order valence-electron chi connectivity index (χ3n) is 4.83. The highest BCUT2D eigenvalue weighted by atomic mass is 32.2. The van der Waals surface area contributed by atoms with Crippen LogP contribution in [-0.2, 0) is 10.1 Å². The van der Waals surface area contributed by atoms with Crippen molar-refractivity contribution in [3.8, 4) is 5.75 Å².